The molecule has 17 heavy (non-hydrogen) atoms. The number of hydrogen-bond acceptors (Lipinski definition) is 3. The second kappa shape index (κ2) is 4.16. The van der Waals surface area contributed by atoms with Gasteiger partial charge in [-0.05, 0) is 24.5 Å². The Morgan fingerprint density at radius 1 is 1.41 bits per heavy atom. The lowest BCUT2D eigenvalue weighted by Crippen LogP contribution is -2.27. The smallest absolute Gasteiger partial charge is 0.269 e. The van der Waals surface area contributed by atoms with E-state index in [4.69, 9.17) is 0 Å². The van der Waals surface area contributed by atoms with Gasteiger partial charge in [0.05, 0.1) is 11.0 Å². The second-order valence-corrected chi connectivity index (χ2v) is 4.32. The normalized spacial score (nSPS) is 19.8. The van der Waals surface area contributed by atoms with E-state index in [1.807, 2.05) is 6.92 Å². The minimum absolute atomic E-state index is 0.0800. The van der Waals surface area contributed by atoms with Gasteiger partial charge in [0.15, 0.2) is 0 Å². The summed E-state index contributed by atoms with van der Waals surface area (Å²) in [5.74, 6) is 0.0800. The Morgan fingerprint density at radius 3 is 2.76 bits per heavy atom. The first kappa shape index (κ1) is 11.6. The quantitative estimate of drug-likeness (QED) is 0.552. The monoisotopic (exact) mass is 234 g/mol. The maximum absolute atomic E-state index is 11.7. The van der Waals surface area contributed by atoms with Crippen LogP contribution in [0.5, 0.6) is 0 Å². The Balaban J connectivity index is 2.49. The van der Waals surface area contributed by atoms with E-state index < -0.39 is 4.92 Å². The molecular formula is C12H14N2O3. The van der Waals surface area contributed by atoms with Crippen LogP contribution in [0.25, 0.3) is 0 Å². The van der Waals surface area contributed by atoms with E-state index in [9.17, 15) is 14.9 Å². The van der Waals surface area contributed by atoms with Crippen LogP contribution in [0.2, 0.25) is 0 Å². The van der Waals surface area contributed by atoms with E-state index >= 15 is 0 Å². The summed E-state index contributed by atoms with van der Waals surface area (Å²) in [6.07, 6.45) is 1.12. The third-order valence-electron chi connectivity index (χ3n) is 3.37. The number of nitro benzene ring substituents is 1. The Bertz CT molecular complexity index is 485. The maximum atomic E-state index is 11.7. The van der Waals surface area contributed by atoms with Crippen molar-refractivity contribution in [3.8, 4) is 0 Å². The molecule has 0 fully saturated rings. The van der Waals surface area contributed by atoms with Gasteiger partial charge in [-0.3, -0.25) is 14.9 Å². The van der Waals surface area contributed by atoms with Crippen LogP contribution in [0.1, 0.15) is 30.5 Å². The largest absolute Gasteiger partial charge is 0.339 e. The highest BCUT2D eigenvalue weighted by Gasteiger charge is 2.25. The fourth-order valence-electron chi connectivity index (χ4n) is 2.16. The maximum Gasteiger partial charge on any atom is 0.269 e. The molecule has 1 heterocycles. The molecule has 1 aromatic rings. The molecule has 0 aromatic heterocycles. The average molecular weight is 234 g/mol. The molecule has 1 unspecified atom stereocenters. The summed E-state index contributed by atoms with van der Waals surface area (Å²) in [6.45, 7) is 1.89. The molecule has 0 spiro atoms. The van der Waals surface area contributed by atoms with Gasteiger partial charge in [0.2, 0.25) is 5.91 Å². The highest BCUT2D eigenvalue weighted by atomic mass is 16.6. The molecule has 0 aliphatic carbocycles. The highest BCUT2D eigenvalue weighted by Crippen LogP contribution is 2.30. The SMILES string of the molecule is CC1c2cc([N+](=O)[O-])ccc2CCC(=O)N1C. The van der Waals surface area contributed by atoms with Crippen molar-refractivity contribution in [2.75, 3.05) is 7.05 Å². The van der Waals surface area contributed by atoms with Gasteiger partial charge in [-0.1, -0.05) is 6.07 Å². The molecule has 5 heteroatoms. The van der Waals surface area contributed by atoms with Crippen LogP contribution in [0.4, 0.5) is 5.69 Å². The first-order valence-corrected chi connectivity index (χ1v) is 5.53. The molecule has 0 bridgehead atoms. The molecule has 1 aliphatic heterocycles. The van der Waals surface area contributed by atoms with E-state index in [2.05, 4.69) is 0 Å². The van der Waals surface area contributed by atoms with Crippen molar-refractivity contribution >= 4 is 11.6 Å². The number of carbonyl (C=O) groups excluding carboxylic acids is 1. The average Bonchev–Trinajstić information content (AvgIpc) is 2.42. The molecule has 1 aliphatic rings. The molecule has 2 rings (SSSR count). The minimum atomic E-state index is -0.403. The van der Waals surface area contributed by atoms with Crippen LogP contribution in [0.15, 0.2) is 18.2 Å². The van der Waals surface area contributed by atoms with Gasteiger partial charge in [-0.2, -0.15) is 0 Å². The van der Waals surface area contributed by atoms with Crippen molar-refractivity contribution in [1.29, 1.82) is 0 Å². The van der Waals surface area contributed by atoms with Crippen LogP contribution in [-0.2, 0) is 11.2 Å². The first-order chi connectivity index (χ1) is 8.00. The number of hydrogen-bond donors (Lipinski definition) is 0. The van der Waals surface area contributed by atoms with Crippen molar-refractivity contribution < 1.29 is 9.72 Å². The minimum Gasteiger partial charge on any atom is -0.339 e. The van der Waals surface area contributed by atoms with E-state index in [0.29, 0.717) is 12.8 Å². The number of carbonyl (C=O) groups is 1. The molecule has 1 aromatic carbocycles. The number of amides is 1. The van der Waals surface area contributed by atoms with E-state index in [1.165, 1.54) is 6.07 Å². The zero-order chi connectivity index (χ0) is 12.6. The lowest BCUT2D eigenvalue weighted by Gasteiger charge is -2.23. The molecule has 0 N–H and O–H groups in total. The zero-order valence-electron chi connectivity index (χ0n) is 9.84. The number of benzene rings is 1. The summed E-state index contributed by atoms with van der Waals surface area (Å²) in [5, 5.41) is 10.8. The molecular weight excluding hydrogens is 220 g/mol. The Hall–Kier alpha value is -1.91. The van der Waals surface area contributed by atoms with Gasteiger partial charge in [-0.15, -0.1) is 0 Å². The number of non-ortho nitro benzene ring substituents is 1. The summed E-state index contributed by atoms with van der Waals surface area (Å²) in [5.41, 5.74) is 1.99. The molecule has 0 saturated heterocycles. The topological polar surface area (TPSA) is 63.5 Å². The number of rotatable bonds is 1. The molecule has 1 amide bonds. The molecule has 0 saturated carbocycles. The fourth-order valence-corrected chi connectivity index (χ4v) is 2.16. The third-order valence-corrected chi connectivity index (χ3v) is 3.37. The summed E-state index contributed by atoms with van der Waals surface area (Å²) in [4.78, 5) is 23.7. The summed E-state index contributed by atoms with van der Waals surface area (Å²) >= 11 is 0. The van der Waals surface area contributed by atoms with Crippen molar-refractivity contribution in [2.24, 2.45) is 0 Å². The Morgan fingerprint density at radius 2 is 2.12 bits per heavy atom. The molecule has 0 radical (unpaired) electrons. The van der Waals surface area contributed by atoms with Crippen LogP contribution in [0.3, 0.4) is 0 Å². The number of fused-ring (bicyclic) bond motifs is 1. The molecule has 1 atom stereocenters. The second-order valence-electron chi connectivity index (χ2n) is 4.32. The van der Waals surface area contributed by atoms with Crippen LogP contribution >= 0.6 is 0 Å². The standard InChI is InChI=1S/C12H14N2O3/c1-8-11-7-10(14(16)17)5-3-9(11)4-6-12(15)13(8)2/h3,5,7-8H,4,6H2,1-2H3. The number of nitrogens with zero attached hydrogens (tertiary/aromatic N) is 2. The van der Waals surface area contributed by atoms with Gasteiger partial charge in [-0.25, -0.2) is 0 Å². The predicted molar refractivity (Wildman–Crippen MR) is 62.6 cm³/mol. The van der Waals surface area contributed by atoms with Crippen molar-refractivity contribution in [1.82, 2.24) is 4.90 Å². The van der Waals surface area contributed by atoms with E-state index in [-0.39, 0.29) is 17.6 Å². The van der Waals surface area contributed by atoms with Gasteiger partial charge in [0, 0.05) is 25.6 Å². The highest BCUT2D eigenvalue weighted by molar-refractivity contribution is 5.77. The lowest BCUT2D eigenvalue weighted by molar-refractivity contribution is -0.385. The van der Waals surface area contributed by atoms with Crippen LogP contribution in [-0.4, -0.2) is 22.8 Å². The first-order valence-electron chi connectivity index (χ1n) is 5.53. The van der Waals surface area contributed by atoms with Crippen molar-refractivity contribution in [2.45, 2.75) is 25.8 Å². The van der Waals surface area contributed by atoms with Crippen molar-refractivity contribution in [3.05, 3.63) is 39.4 Å². The predicted octanol–water partition coefficient (Wildman–Crippen LogP) is 2.06. The van der Waals surface area contributed by atoms with E-state index in [0.717, 1.165) is 11.1 Å². The Labute approximate surface area is 99.2 Å². The summed E-state index contributed by atoms with van der Waals surface area (Å²) in [6, 6.07) is 4.73. The molecule has 5 nitrogen and oxygen atoms in total. The summed E-state index contributed by atoms with van der Waals surface area (Å²) < 4.78 is 0. The van der Waals surface area contributed by atoms with Crippen LogP contribution in [0, 0.1) is 10.1 Å². The lowest BCUT2D eigenvalue weighted by atomic mass is 9.99. The van der Waals surface area contributed by atoms with Gasteiger partial charge in [0.25, 0.3) is 5.69 Å². The molecule has 90 valence electrons. The number of nitro groups is 1. The van der Waals surface area contributed by atoms with Crippen LogP contribution < -0.4 is 0 Å². The third kappa shape index (κ3) is 2.00. The Kier molecular flexibility index (Phi) is 2.83. The zero-order valence-corrected chi connectivity index (χ0v) is 9.84. The van der Waals surface area contributed by atoms with Gasteiger partial charge >= 0.3 is 0 Å². The van der Waals surface area contributed by atoms with Gasteiger partial charge < -0.3 is 4.90 Å². The van der Waals surface area contributed by atoms with Gasteiger partial charge in [0.1, 0.15) is 0 Å². The van der Waals surface area contributed by atoms with Crippen molar-refractivity contribution in [3.63, 3.8) is 0 Å². The number of aryl methyl sites for hydroxylation is 1. The summed E-state index contributed by atoms with van der Waals surface area (Å²) in [7, 11) is 1.74. The fraction of sp³-hybridized carbons (Fsp3) is 0.417. The van der Waals surface area contributed by atoms with E-state index in [1.54, 1.807) is 24.1 Å².